The van der Waals surface area contributed by atoms with E-state index in [1.807, 2.05) is 6.20 Å². The maximum atomic E-state index is 11.0. The molecule has 0 aliphatic heterocycles. The van der Waals surface area contributed by atoms with Crippen LogP contribution < -0.4 is 0 Å². The summed E-state index contributed by atoms with van der Waals surface area (Å²) in [5.41, 5.74) is 2.60. The molecule has 0 radical (unpaired) electrons. The van der Waals surface area contributed by atoms with Gasteiger partial charge in [-0.2, -0.15) is 0 Å². The molecule has 0 fully saturated rings. The average Bonchev–Trinajstić information content (AvgIpc) is 3.25. The van der Waals surface area contributed by atoms with Crippen LogP contribution in [0.15, 0.2) is 23.0 Å². The quantitative estimate of drug-likeness (QED) is 0.363. The van der Waals surface area contributed by atoms with Gasteiger partial charge < -0.3 is 0 Å². The smallest absolute Gasteiger partial charge is 0.265 e. The van der Waals surface area contributed by atoms with E-state index in [1.54, 1.807) is 6.07 Å². The van der Waals surface area contributed by atoms with E-state index in [0.29, 0.717) is 5.52 Å². The molecule has 0 unspecified atom stereocenters. The number of hydrogen-bond acceptors (Lipinski definition) is 7. The van der Waals surface area contributed by atoms with Gasteiger partial charge in [0, 0.05) is 12.3 Å². The minimum atomic E-state index is -0.467. The fourth-order valence-electron chi connectivity index (χ4n) is 2.75. The molecule has 0 bridgehead atoms. The molecule has 9 nitrogen and oxygen atoms in total. The summed E-state index contributed by atoms with van der Waals surface area (Å²) >= 11 is 0. The number of nitrogens with zero attached hydrogens (tertiary/aromatic N) is 5. The van der Waals surface area contributed by atoms with Gasteiger partial charge in [-0.05, 0) is 47.6 Å². The highest BCUT2D eigenvalue weighted by atomic mass is 16.6. The molecule has 0 atom stereocenters. The summed E-state index contributed by atoms with van der Waals surface area (Å²) in [4.78, 5) is 10.5. The number of aryl methyl sites for hydroxylation is 2. The molecule has 1 aromatic carbocycles. The minimum Gasteiger partial charge on any atom is -0.265 e. The number of aromatic amines is 1. The first kappa shape index (κ1) is 16.0. The largest absolute Gasteiger partial charge is 0.300 e. The molecule has 3 aromatic rings. The van der Waals surface area contributed by atoms with E-state index in [1.165, 1.54) is 6.07 Å². The first-order valence-corrected chi connectivity index (χ1v) is 7.99. The Kier molecular flexibility index (Phi) is 5.09. The fourth-order valence-corrected chi connectivity index (χ4v) is 2.75. The van der Waals surface area contributed by atoms with Gasteiger partial charge in [0.05, 0.1) is 10.6 Å². The molecule has 0 saturated carbocycles. The third-order valence-corrected chi connectivity index (χ3v) is 4.02. The molecule has 0 spiro atoms. The molecule has 1 N–H and O–H groups in total. The lowest BCUT2D eigenvalue weighted by molar-refractivity contribution is -0.383. The molecule has 2 aromatic heterocycles. The van der Waals surface area contributed by atoms with Crippen LogP contribution >= 0.6 is 0 Å². The lowest BCUT2D eigenvalue weighted by Crippen LogP contribution is -1.94. The second-order valence-corrected chi connectivity index (χ2v) is 5.69. The van der Waals surface area contributed by atoms with E-state index in [9.17, 15) is 10.1 Å². The van der Waals surface area contributed by atoms with E-state index in [-0.39, 0.29) is 11.2 Å². The van der Waals surface area contributed by atoms with Crippen molar-refractivity contribution in [3.05, 3.63) is 39.7 Å². The van der Waals surface area contributed by atoms with Gasteiger partial charge in [0.15, 0.2) is 0 Å². The maximum absolute atomic E-state index is 11.0. The number of non-ortho nitro benzene ring substituents is 1. The first-order chi connectivity index (χ1) is 11.8. The summed E-state index contributed by atoms with van der Waals surface area (Å²) in [6, 6.07) is 3.22. The normalized spacial score (nSPS) is 11.2. The highest BCUT2D eigenvalue weighted by Crippen LogP contribution is 2.26. The molecule has 2 heterocycles. The van der Waals surface area contributed by atoms with Gasteiger partial charge in [0.25, 0.3) is 0 Å². The molecular formula is C15H18N6O3. The zero-order chi connectivity index (χ0) is 16.8. The van der Waals surface area contributed by atoms with Crippen LogP contribution in [0.5, 0.6) is 0 Å². The zero-order valence-electron chi connectivity index (χ0n) is 13.1. The van der Waals surface area contributed by atoms with E-state index < -0.39 is 4.92 Å². The molecule has 24 heavy (non-hydrogen) atoms. The van der Waals surface area contributed by atoms with Gasteiger partial charge in [0.1, 0.15) is 5.52 Å². The summed E-state index contributed by atoms with van der Waals surface area (Å²) in [5.74, 6) is 0. The predicted octanol–water partition coefficient (Wildman–Crippen LogP) is 2.98. The molecule has 0 amide bonds. The summed E-state index contributed by atoms with van der Waals surface area (Å²) in [6.07, 6.45) is 9.08. The third kappa shape index (κ3) is 3.73. The number of unbranched alkanes of at least 4 members (excludes halogenated alkanes) is 4. The van der Waals surface area contributed by atoms with Gasteiger partial charge in [-0.1, -0.05) is 24.5 Å². The van der Waals surface area contributed by atoms with Crippen molar-refractivity contribution in [1.29, 1.82) is 0 Å². The second kappa shape index (κ2) is 7.62. The number of nitro benzene ring substituents is 1. The fraction of sp³-hybridized carbons (Fsp3) is 0.467. The number of fused-ring (bicyclic) bond motifs is 1. The zero-order valence-corrected chi connectivity index (χ0v) is 13.1. The molecule has 0 aliphatic rings. The van der Waals surface area contributed by atoms with Gasteiger partial charge in [0.2, 0.25) is 5.52 Å². The SMILES string of the molecule is O=[N+]([O-])c1ccc(CCCCCCCc2c[nH]nn2)c2nonc12. The van der Waals surface area contributed by atoms with Gasteiger partial charge in [-0.15, -0.1) is 5.10 Å². The third-order valence-electron chi connectivity index (χ3n) is 4.02. The van der Waals surface area contributed by atoms with E-state index >= 15 is 0 Å². The minimum absolute atomic E-state index is 0.0668. The topological polar surface area (TPSA) is 124 Å². The molecule has 3 rings (SSSR count). The van der Waals surface area contributed by atoms with Crippen molar-refractivity contribution >= 4 is 16.7 Å². The summed E-state index contributed by atoms with van der Waals surface area (Å²) in [6.45, 7) is 0. The monoisotopic (exact) mass is 330 g/mol. The van der Waals surface area contributed by atoms with Crippen LogP contribution in [0.1, 0.15) is 43.4 Å². The van der Waals surface area contributed by atoms with Crippen LogP contribution in [-0.2, 0) is 12.8 Å². The number of nitrogens with one attached hydrogen (secondary N) is 1. The lowest BCUT2D eigenvalue weighted by Gasteiger charge is -2.02. The predicted molar refractivity (Wildman–Crippen MR) is 85.3 cm³/mol. The van der Waals surface area contributed by atoms with Gasteiger partial charge in [-0.25, -0.2) is 4.63 Å². The van der Waals surface area contributed by atoms with Crippen molar-refractivity contribution < 1.29 is 9.55 Å². The van der Waals surface area contributed by atoms with E-state index in [2.05, 4.69) is 30.4 Å². The van der Waals surface area contributed by atoms with E-state index in [4.69, 9.17) is 0 Å². The Labute approximate surface area is 137 Å². The molecule has 0 aliphatic carbocycles. The molecular weight excluding hydrogens is 312 g/mol. The first-order valence-electron chi connectivity index (χ1n) is 7.99. The number of benzene rings is 1. The highest BCUT2D eigenvalue weighted by Gasteiger charge is 2.19. The van der Waals surface area contributed by atoms with E-state index in [0.717, 1.165) is 56.2 Å². The van der Waals surface area contributed by atoms with Crippen LogP contribution in [-0.4, -0.2) is 30.6 Å². The van der Waals surface area contributed by atoms with Crippen LogP contribution in [0.2, 0.25) is 0 Å². The van der Waals surface area contributed by atoms with Crippen LogP contribution in [0, 0.1) is 10.1 Å². The maximum Gasteiger partial charge on any atom is 0.300 e. The van der Waals surface area contributed by atoms with Gasteiger partial charge in [-0.3, -0.25) is 15.2 Å². The van der Waals surface area contributed by atoms with Crippen molar-refractivity contribution in [2.24, 2.45) is 0 Å². The summed E-state index contributed by atoms with van der Waals surface area (Å²) < 4.78 is 4.67. The number of H-pyrrole nitrogens is 1. The number of hydrogen-bond donors (Lipinski definition) is 1. The van der Waals surface area contributed by atoms with Crippen molar-refractivity contribution in [3.63, 3.8) is 0 Å². The Morgan fingerprint density at radius 2 is 1.79 bits per heavy atom. The molecule has 0 saturated heterocycles. The average molecular weight is 330 g/mol. The number of nitro groups is 1. The Hall–Kier alpha value is -2.84. The standard InChI is InChI=1S/C15H18N6O3/c22-21(23)13-9-8-11(14-15(13)19-24-18-14)6-4-2-1-3-5-7-12-10-16-20-17-12/h8-10H,1-7H2,(H,16,17,20). The van der Waals surface area contributed by atoms with Gasteiger partial charge >= 0.3 is 5.69 Å². The molecule has 126 valence electrons. The Bertz CT molecular complexity index is 799. The second-order valence-electron chi connectivity index (χ2n) is 5.69. The Morgan fingerprint density at radius 1 is 1.04 bits per heavy atom. The van der Waals surface area contributed by atoms with Crippen molar-refractivity contribution in [3.8, 4) is 0 Å². The Morgan fingerprint density at radius 3 is 2.54 bits per heavy atom. The van der Waals surface area contributed by atoms with Crippen LogP contribution in [0.3, 0.4) is 0 Å². The number of rotatable bonds is 9. The molecule has 9 heteroatoms. The van der Waals surface area contributed by atoms with Crippen molar-refractivity contribution in [1.82, 2.24) is 25.7 Å². The summed E-state index contributed by atoms with van der Waals surface area (Å²) in [5, 5.41) is 28.8. The Balaban J connectivity index is 1.44. The van der Waals surface area contributed by atoms with Crippen LogP contribution in [0.25, 0.3) is 11.0 Å². The highest BCUT2D eigenvalue weighted by molar-refractivity contribution is 5.85. The number of aromatic nitrogens is 5. The van der Waals surface area contributed by atoms with Crippen LogP contribution in [0.4, 0.5) is 5.69 Å². The van der Waals surface area contributed by atoms with Crippen molar-refractivity contribution in [2.45, 2.75) is 44.9 Å². The lowest BCUT2D eigenvalue weighted by atomic mass is 10.0. The summed E-state index contributed by atoms with van der Waals surface area (Å²) in [7, 11) is 0. The van der Waals surface area contributed by atoms with Crippen molar-refractivity contribution in [2.75, 3.05) is 0 Å².